The second-order valence-electron chi connectivity index (χ2n) is 12.4. The molecule has 1 aromatic heterocycles. The standard InChI is InChI=1S/C30H39ClN6O/c31-26-4-2-1-3-21(26)15-33-29-34-16-24(14-32)28(37-29)35-18-30-11-20-9-22(12-30)27(23(10-20)13-30)36-25-7-5-19(17-38)6-8-25/h1-4,16,19-20,22-23,25,27,36,38H,5-13,15,17-18H2,(H2,33,34,35,37)/t19-,20?,22-,23+,25-,27?,30-. The van der Waals surface area contributed by atoms with Crippen LogP contribution in [0.5, 0.6) is 0 Å². The number of nitrogens with zero attached hydrogens (tertiary/aromatic N) is 3. The fraction of sp³-hybridized carbons (Fsp3) is 0.633. The molecule has 5 aliphatic rings. The zero-order valence-corrected chi connectivity index (χ0v) is 22.8. The van der Waals surface area contributed by atoms with Gasteiger partial charge in [-0.25, -0.2) is 4.98 Å². The first-order valence-electron chi connectivity index (χ1n) is 14.4. The molecule has 5 fully saturated rings. The minimum atomic E-state index is 0.284. The van der Waals surface area contributed by atoms with Crippen molar-refractivity contribution in [2.75, 3.05) is 23.8 Å². The van der Waals surface area contributed by atoms with Gasteiger partial charge in [0.25, 0.3) is 0 Å². The molecule has 38 heavy (non-hydrogen) atoms. The van der Waals surface area contributed by atoms with Crippen LogP contribution in [0, 0.1) is 40.4 Å². The Balaban J connectivity index is 1.09. The summed E-state index contributed by atoms with van der Waals surface area (Å²) < 4.78 is 0. The van der Waals surface area contributed by atoms with Crippen LogP contribution in [-0.2, 0) is 6.54 Å². The highest BCUT2D eigenvalue weighted by Gasteiger charge is 2.55. The Kier molecular flexibility index (Phi) is 7.48. The van der Waals surface area contributed by atoms with Gasteiger partial charge in [-0.3, -0.25) is 0 Å². The average molecular weight is 535 g/mol. The zero-order chi connectivity index (χ0) is 26.1. The normalized spacial score (nSPS) is 33.6. The molecule has 4 N–H and O–H groups in total. The number of aromatic nitrogens is 2. The lowest BCUT2D eigenvalue weighted by Crippen LogP contribution is -2.61. The molecule has 5 saturated carbocycles. The van der Waals surface area contributed by atoms with Crippen LogP contribution in [0.15, 0.2) is 30.5 Å². The van der Waals surface area contributed by atoms with Crippen LogP contribution in [0.3, 0.4) is 0 Å². The van der Waals surface area contributed by atoms with Crippen LogP contribution < -0.4 is 16.0 Å². The van der Waals surface area contributed by atoms with Gasteiger partial charge >= 0.3 is 0 Å². The number of aliphatic hydroxyl groups is 1. The largest absolute Gasteiger partial charge is 0.396 e. The van der Waals surface area contributed by atoms with Crippen molar-refractivity contribution in [3.05, 3.63) is 46.6 Å². The highest BCUT2D eigenvalue weighted by atomic mass is 35.5. The van der Waals surface area contributed by atoms with E-state index < -0.39 is 0 Å². The van der Waals surface area contributed by atoms with Gasteiger partial charge in [0.15, 0.2) is 0 Å². The predicted molar refractivity (Wildman–Crippen MR) is 150 cm³/mol. The van der Waals surface area contributed by atoms with Gasteiger partial charge in [-0.2, -0.15) is 10.2 Å². The van der Waals surface area contributed by atoms with Gasteiger partial charge in [0, 0.05) is 36.8 Å². The molecule has 7 nitrogen and oxygen atoms in total. The maximum atomic E-state index is 9.71. The first kappa shape index (κ1) is 25.9. The van der Waals surface area contributed by atoms with Crippen molar-refractivity contribution in [2.45, 2.75) is 76.4 Å². The van der Waals surface area contributed by atoms with E-state index in [1.807, 2.05) is 24.3 Å². The number of anilines is 2. The van der Waals surface area contributed by atoms with Crippen molar-refractivity contribution in [3.63, 3.8) is 0 Å². The number of aliphatic hydroxyl groups excluding tert-OH is 1. The molecule has 0 spiro atoms. The lowest BCUT2D eigenvalue weighted by atomic mass is 9.47. The van der Waals surface area contributed by atoms with Gasteiger partial charge in [-0.15, -0.1) is 0 Å². The summed E-state index contributed by atoms with van der Waals surface area (Å²) in [6.45, 7) is 1.73. The number of nitriles is 1. The van der Waals surface area contributed by atoms with E-state index >= 15 is 0 Å². The third-order valence-electron chi connectivity index (χ3n) is 9.87. The van der Waals surface area contributed by atoms with Gasteiger partial charge in [-0.05, 0) is 98.5 Å². The Hall–Kier alpha value is -2.40. The number of halogens is 1. The van der Waals surface area contributed by atoms with Gasteiger partial charge in [0.1, 0.15) is 17.5 Å². The number of hydrogen-bond donors (Lipinski definition) is 4. The van der Waals surface area contributed by atoms with Crippen LogP contribution in [0.1, 0.15) is 68.9 Å². The molecule has 5 atom stereocenters. The molecule has 5 aliphatic carbocycles. The van der Waals surface area contributed by atoms with Gasteiger partial charge in [0.2, 0.25) is 5.95 Å². The fourth-order valence-corrected chi connectivity index (χ4v) is 8.44. The van der Waals surface area contributed by atoms with Crippen molar-refractivity contribution in [3.8, 4) is 6.07 Å². The Morgan fingerprint density at radius 2 is 1.82 bits per heavy atom. The van der Waals surface area contributed by atoms with Gasteiger partial charge in [0.05, 0.1) is 6.20 Å². The quantitative estimate of drug-likeness (QED) is 0.343. The van der Waals surface area contributed by atoms with E-state index in [4.69, 9.17) is 11.6 Å². The van der Waals surface area contributed by atoms with E-state index in [0.29, 0.717) is 53.5 Å². The Labute approximate surface area is 230 Å². The zero-order valence-electron chi connectivity index (χ0n) is 22.0. The third kappa shape index (κ3) is 5.36. The third-order valence-corrected chi connectivity index (χ3v) is 10.2. The maximum Gasteiger partial charge on any atom is 0.224 e. The van der Waals surface area contributed by atoms with E-state index in [0.717, 1.165) is 42.7 Å². The molecule has 0 aliphatic heterocycles. The van der Waals surface area contributed by atoms with Gasteiger partial charge < -0.3 is 21.1 Å². The smallest absolute Gasteiger partial charge is 0.224 e. The SMILES string of the molecule is N#Cc1cnc(NCc2ccccc2Cl)nc1NC[C@]12CC3C[C@H](C1)C(N[C@H]1CC[C@H](CO)CC1)[C@@H](C3)C2. The van der Waals surface area contributed by atoms with Crippen LogP contribution in [-0.4, -0.2) is 40.3 Å². The summed E-state index contributed by atoms with van der Waals surface area (Å²) in [6, 6.07) is 11.3. The predicted octanol–water partition coefficient (Wildman–Crippen LogP) is 5.36. The highest BCUT2D eigenvalue weighted by molar-refractivity contribution is 6.31. The average Bonchev–Trinajstić information content (AvgIpc) is 2.93. The molecule has 0 radical (unpaired) electrons. The van der Waals surface area contributed by atoms with Crippen molar-refractivity contribution in [1.82, 2.24) is 15.3 Å². The summed E-state index contributed by atoms with van der Waals surface area (Å²) in [6.07, 6.45) is 12.8. The topological polar surface area (TPSA) is 106 Å². The molecule has 0 saturated heterocycles. The second kappa shape index (κ2) is 11.0. The van der Waals surface area contributed by atoms with Crippen LogP contribution in [0.25, 0.3) is 0 Å². The van der Waals surface area contributed by atoms with Gasteiger partial charge in [-0.1, -0.05) is 29.8 Å². The van der Waals surface area contributed by atoms with Crippen molar-refractivity contribution in [1.29, 1.82) is 5.26 Å². The molecule has 4 bridgehead atoms. The minimum Gasteiger partial charge on any atom is -0.396 e. The van der Waals surface area contributed by atoms with E-state index in [9.17, 15) is 10.4 Å². The Morgan fingerprint density at radius 3 is 2.53 bits per heavy atom. The first-order valence-corrected chi connectivity index (χ1v) is 14.8. The molecular weight excluding hydrogens is 496 g/mol. The summed E-state index contributed by atoms with van der Waals surface area (Å²) in [5.74, 6) is 3.94. The molecule has 0 amide bonds. The minimum absolute atomic E-state index is 0.284. The Bertz CT molecular complexity index is 1160. The lowest BCUT2D eigenvalue weighted by Gasteiger charge is -2.61. The molecule has 7 rings (SSSR count). The second-order valence-corrected chi connectivity index (χ2v) is 12.8. The molecule has 202 valence electrons. The van der Waals surface area contributed by atoms with Crippen LogP contribution >= 0.6 is 11.6 Å². The first-order chi connectivity index (χ1) is 18.5. The van der Waals surface area contributed by atoms with Crippen molar-refractivity contribution in [2.24, 2.45) is 29.1 Å². The number of nitrogens with one attached hydrogen (secondary N) is 3. The molecule has 2 unspecified atom stereocenters. The van der Waals surface area contributed by atoms with Crippen LogP contribution in [0.4, 0.5) is 11.8 Å². The number of benzene rings is 1. The van der Waals surface area contributed by atoms with E-state index in [2.05, 4.69) is 32.0 Å². The van der Waals surface area contributed by atoms with E-state index in [-0.39, 0.29) is 5.41 Å². The highest BCUT2D eigenvalue weighted by Crippen LogP contribution is 2.60. The lowest BCUT2D eigenvalue weighted by molar-refractivity contribution is -0.0733. The van der Waals surface area contributed by atoms with E-state index in [1.54, 1.807) is 6.20 Å². The molecule has 8 heteroatoms. The van der Waals surface area contributed by atoms with Crippen molar-refractivity contribution >= 4 is 23.4 Å². The Morgan fingerprint density at radius 1 is 1.05 bits per heavy atom. The number of hydrogen-bond acceptors (Lipinski definition) is 7. The monoisotopic (exact) mass is 534 g/mol. The molecule has 1 heterocycles. The van der Waals surface area contributed by atoms with E-state index in [1.165, 1.54) is 44.9 Å². The maximum absolute atomic E-state index is 9.71. The molecule has 2 aromatic rings. The summed E-state index contributed by atoms with van der Waals surface area (Å²) in [4.78, 5) is 9.04. The molecule has 1 aromatic carbocycles. The van der Waals surface area contributed by atoms with Crippen molar-refractivity contribution < 1.29 is 5.11 Å². The fourth-order valence-electron chi connectivity index (χ4n) is 8.24. The summed E-state index contributed by atoms with van der Waals surface area (Å²) >= 11 is 6.30. The summed E-state index contributed by atoms with van der Waals surface area (Å²) in [5, 5.41) is 30.9. The number of rotatable bonds is 9. The molecular formula is C30H39ClN6O. The summed E-state index contributed by atoms with van der Waals surface area (Å²) in [5.41, 5.74) is 1.75. The van der Waals surface area contributed by atoms with Crippen LogP contribution in [0.2, 0.25) is 5.02 Å². The summed E-state index contributed by atoms with van der Waals surface area (Å²) in [7, 11) is 0.